The molecule has 4 aromatic carbocycles. The molecule has 6 heteroatoms. The van der Waals surface area contributed by atoms with Crippen molar-refractivity contribution in [2.75, 3.05) is 6.61 Å². The van der Waals surface area contributed by atoms with Gasteiger partial charge in [-0.2, -0.15) is 0 Å². The third-order valence-electron chi connectivity index (χ3n) is 7.75. The Bertz CT molecular complexity index is 1470. The largest absolute Gasteiger partial charge is 0.483 e. The van der Waals surface area contributed by atoms with Crippen LogP contribution in [0.25, 0.3) is 10.8 Å². The molecule has 0 aromatic heterocycles. The standard InChI is InChI=1S/C34H35BrN2O3/c1-24-11-5-6-15-27(24)22-37(32(38)23-40-31-20-19-26-14-7-10-18-29(26)33(31)35)30(21-25-12-3-2-4-13-25)34(39)36-28-16-8-9-17-28/h2-7,10-15,18-20,28,30H,8-9,16-17,21-23H2,1H3,(H,36,39)/t30-/m0/s1. The first-order chi connectivity index (χ1) is 19.5. The maximum absolute atomic E-state index is 14.0. The first-order valence-corrected chi connectivity index (χ1v) is 14.8. The lowest BCUT2D eigenvalue weighted by Gasteiger charge is -2.32. The van der Waals surface area contributed by atoms with Crippen LogP contribution in [0.4, 0.5) is 0 Å². The quantitative estimate of drug-likeness (QED) is 0.214. The van der Waals surface area contributed by atoms with Crippen molar-refractivity contribution < 1.29 is 14.3 Å². The minimum Gasteiger partial charge on any atom is -0.483 e. The molecule has 5 rings (SSSR count). The Morgan fingerprint density at radius 3 is 2.40 bits per heavy atom. The third kappa shape index (κ3) is 6.73. The highest BCUT2D eigenvalue weighted by atomic mass is 79.9. The topological polar surface area (TPSA) is 58.6 Å². The van der Waals surface area contributed by atoms with Crippen molar-refractivity contribution in [3.63, 3.8) is 0 Å². The molecule has 0 spiro atoms. The second kappa shape index (κ2) is 13.1. The molecule has 0 heterocycles. The van der Waals surface area contributed by atoms with Gasteiger partial charge in [0.1, 0.15) is 11.8 Å². The fourth-order valence-electron chi connectivity index (χ4n) is 5.44. The number of nitrogens with zero attached hydrogens (tertiary/aromatic N) is 1. The number of hydrogen-bond acceptors (Lipinski definition) is 3. The molecule has 0 radical (unpaired) electrons. The van der Waals surface area contributed by atoms with Crippen molar-refractivity contribution in [1.29, 1.82) is 0 Å². The lowest BCUT2D eigenvalue weighted by atomic mass is 10.0. The zero-order valence-electron chi connectivity index (χ0n) is 22.8. The van der Waals surface area contributed by atoms with Crippen LogP contribution in [0.5, 0.6) is 5.75 Å². The lowest BCUT2D eigenvalue weighted by molar-refractivity contribution is -0.143. The summed E-state index contributed by atoms with van der Waals surface area (Å²) >= 11 is 3.66. The van der Waals surface area contributed by atoms with Crippen LogP contribution in [0.1, 0.15) is 42.4 Å². The molecule has 4 aromatic rings. The summed E-state index contributed by atoms with van der Waals surface area (Å²) in [4.78, 5) is 29.5. The van der Waals surface area contributed by atoms with E-state index < -0.39 is 6.04 Å². The molecule has 2 amide bonds. The van der Waals surface area contributed by atoms with E-state index in [1.54, 1.807) is 4.90 Å². The number of aryl methyl sites for hydroxylation is 1. The summed E-state index contributed by atoms with van der Waals surface area (Å²) < 4.78 is 6.91. The molecule has 1 aliphatic carbocycles. The summed E-state index contributed by atoms with van der Waals surface area (Å²) in [6, 6.07) is 29.3. The number of ether oxygens (including phenoxy) is 1. The number of nitrogens with one attached hydrogen (secondary N) is 1. The Morgan fingerprint density at radius 1 is 0.925 bits per heavy atom. The second-order valence-electron chi connectivity index (χ2n) is 10.5. The summed E-state index contributed by atoms with van der Waals surface area (Å²) in [5.74, 6) is 0.258. The monoisotopic (exact) mass is 598 g/mol. The Morgan fingerprint density at radius 2 is 1.62 bits per heavy atom. The van der Waals surface area contributed by atoms with E-state index in [1.165, 1.54) is 0 Å². The predicted molar refractivity (Wildman–Crippen MR) is 163 cm³/mol. The van der Waals surface area contributed by atoms with Crippen molar-refractivity contribution >= 4 is 38.5 Å². The van der Waals surface area contributed by atoms with Gasteiger partial charge in [0.25, 0.3) is 5.91 Å². The Hall–Kier alpha value is -3.64. The maximum Gasteiger partial charge on any atom is 0.261 e. The Labute approximate surface area is 244 Å². The summed E-state index contributed by atoms with van der Waals surface area (Å²) in [5.41, 5.74) is 3.09. The summed E-state index contributed by atoms with van der Waals surface area (Å²) in [7, 11) is 0. The lowest BCUT2D eigenvalue weighted by Crippen LogP contribution is -2.53. The number of hydrogen-bond donors (Lipinski definition) is 1. The van der Waals surface area contributed by atoms with Gasteiger partial charge in [-0.3, -0.25) is 9.59 Å². The van der Waals surface area contributed by atoms with E-state index in [-0.39, 0.29) is 24.5 Å². The van der Waals surface area contributed by atoms with Crippen LogP contribution in [0, 0.1) is 6.92 Å². The third-order valence-corrected chi connectivity index (χ3v) is 8.57. The SMILES string of the molecule is Cc1ccccc1CN(C(=O)COc1ccc2ccccc2c1Br)[C@@H](Cc1ccccc1)C(=O)NC1CCCC1. The highest BCUT2D eigenvalue weighted by molar-refractivity contribution is 9.10. The van der Waals surface area contributed by atoms with Crippen molar-refractivity contribution in [3.05, 3.63) is 112 Å². The fraction of sp³-hybridized carbons (Fsp3) is 0.294. The molecule has 0 aliphatic heterocycles. The highest BCUT2D eigenvalue weighted by Gasteiger charge is 2.32. The number of halogens is 1. The van der Waals surface area contributed by atoms with Gasteiger partial charge in [-0.05, 0) is 69.2 Å². The van der Waals surface area contributed by atoms with Crippen molar-refractivity contribution in [3.8, 4) is 5.75 Å². The van der Waals surface area contributed by atoms with Crippen LogP contribution in [0.2, 0.25) is 0 Å². The summed E-state index contributed by atoms with van der Waals surface area (Å²) in [5, 5.41) is 5.36. The Balaban J connectivity index is 1.44. The molecule has 1 fully saturated rings. The van der Waals surface area contributed by atoms with Gasteiger partial charge in [0.2, 0.25) is 5.91 Å². The van der Waals surface area contributed by atoms with Crippen molar-refractivity contribution in [1.82, 2.24) is 10.2 Å². The number of carbonyl (C=O) groups is 2. The van der Waals surface area contributed by atoms with E-state index in [0.717, 1.165) is 57.6 Å². The fourth-order valence-corrected chi connectivity index (χ4v) is 6.05. The zero-order valence-corrected chi connectivity index (χ0v) is 24.4. The number of amides is 2. The van der Waals surface area contributed by atoms with Gasteiger partial charge in [0.15, 0.2) is 6.61 Å². The minimum atomic E-state index is -0.668. The smallest absolute Gasteiger partial charge is 0.261 e. The first kappa shape index (κ1) is 27.9. The average Bonchev–Trinajstić information content (AvgIpc) is 3.49. The van der Waals surface area contributed by atoms with E-state index >= 15 is 0 Å². The summed E-state index contributed by atoms with van der Waals surface area (Å²) in [6.07, 6.45) is 4.63. The molecular formula is C34H35BrN2O3. The average molecular weight is 600 g/mol. The van der Waals surface area contributed by atoms with Crippen LogP contribution >= 0.6 is 15.9 Å². The molecule has 0 unspecified atom stereocenters. The molecule has 40 heavy (non-hydrogen) atoms. The molecule has 5 nitrogen and oxygen atoms in total. The van der Waals surface area contributed by atoms with Crippen LogP contribution in [0.3, 0.4) is 0 Å². The van der Waals surface area contributed by atoms with Crippen molar-refractivity contribution in [2.24, 2.45) is 0 Å². The van der Waals surface area contributed by atoms with E-state index in [0.29, 0.717) is 18.7 Å². The van der Waals surface area contributed by atoms with Gasteiger partial charge < -0.3 is 15.0 Å². The second-order valence-corrected chi connectivity index (χ2v) is 11.3. The van der Waals surface area contributed by atoms with Crippen molar-refractivity contribution in [2.45, 2.75) is 57.7 Å². The van der Waals surface area contributed by atoms with Gasteiger partial charge >= 0.3 is 0 Å². The summed E-state index contributed by atoms with van der Waals surface area (Å²) in [6.45, 7) is 2.18. The van der Waals surface area contributed by atoms with Crippen LogP contribution in [0.15, 0.2) is 95.5 Å². The highest BCUT2D eigenvalue weighted by Crippen LogP contribution is 2.33. The zero-order chi connectivity index (χ0) is 27.9. The van der Waals surface area contributed by atoms with Gasteiger partial charge in [0, 0.05) is 19.0 Å². The molecule has 0 bridgehead atoms. The molecule has 1 aliphatic rings. The molecule has 1 saturated carbocycles. The van der Waals surface area contributed by atoms with E-state index in [9.17, 15) is 9.59 Å². The molecule has 206 valence electrons. The van der Waals surface area contributed by atoms with Crippen LogP contribution < -0.4 is 10.1 Å². The van der Waals surface area contributed by atoms with E-state index in [1.807, 2.05) is 97.9 Å². The van der Waals surface area contributed by atoms with Gasteiger partial charge in [-0.15, -0.1) is 0 Å². The van der Waals surface area contributed by atoms with Gasteiger partial charge in [-0.1, -0.05) is 97.8 Å². The number of fused-ring (bicyclic) bond motifs is 1. The number of benzene rings is 4. The van der Waals surface area contributed by atoms with Crippen LogP contribution in [-0.4, -0.2) is 35.4 Å². The van der Waals surface area contributed by atoms with E-state index in [2.05, 4.69) is 21.2 Å². The number of rotatable bonds is 10. The molecule has 1 N–H and O–H groups in total. The van der Waals surface area contributed by atoms with Crippen LogP contribution in [-0.2, 0) is 22.6 Å². The normalized spacial score (nSPS) is 14.2. The number of carbonyl (C=O) groups excluding carboxylic acids is 2. The molecule has 0 saturated heterocycles. The molecule has 1 atom stereocenters. The Kier molecular flexibility index (Phi) is 9.17. The van der Waals surface area contributed by atoms with Gasteiger partial charge in [0.05, 0.1) is 4.47 Å². The van der Waals surface area contributed by atoms with E-state index in [4.69, 9.17) is 4.74 Å². The predicted octanol–water partition coefficient (Wildman–Crippen LogP) is 6.99. The van der Waals surface area contributed by atoms with Gasteiger partial charge in [-0.25, -0.2) is 0 Å². The first-order valence-electron chi connectivity index (χ1n) is 14.0. The molecular weight excluding hydrogens is 564 g/mol. The maximum atomic E-state index is 14.0. The minimum absolute atomic E-state index is 0.107.